The number of anilines is 1. The lowest BCUT2D eigenvalue weighted by atomic mass is 10.1. The molecule has 3 nitrogen and oxygen atoms in total. The quantitative estimate of drug-likeness (QED) is 0.786. The summed E-state index contributed by atoms with van der Waals surface area (Å²) in [6, 6.07) is 14.9. The lowest BCUT2D eigenvalue weighted by Gasteiger charge is -2.22. The molecule has 1 aliphatic heterocycles. The molecule has 0 aromatic heterocycles. The van der Waals surface area contributed by atoms with Crippen LogP contribution in [-0.2, 0) is 11.2 Å². The van der Waals surface area contributed by atoms with Gasteiger partial charge in [-0.15, -0.1) is 0 Å². The van der Waals surface area contributed by atoms with E-state index in [0.717, 1.165) is 12.1 Å². The normalized spacial score (nSPS) is 16.3. The zero-order valence-electron chi connectivity index (χ0n) is 13.0. The molecule has 0 unspecified atom stereocenters. The summed E-state index contributed by atoms with van der Waals surface area (Å²) in [5, 5.41) is 0.597. The number of nitrogens with zero attached hydrogens (tertiary/aromatic N) is 1. The second-order valence-electron chi connectivity index (χ2n) is 5.88. The van der Waals surface area contributed by atoms with Crippen LogP contribution in [0.1, 0.15) is 35.7 Å². The first-order chi connectivity index (χ1) is 11.1. The number of para-hydroxylation sites is 1. The van der Waals surface area contributed by atoms with E-state index in [1.54, 1.807) is 24.3 Å². The first-order valence-electron chi connectivity index (χ1n) is 7.75. The second kappa shape index (κ2) is 6.55. The number of Topliss-reactive ketones (excluding diaryl/α,β-unsaturated/α-hetero) is 1. The number of amides is 1. The van der Waals surface area contributed by atoms with Gasteiger partial charge in [-0.2, -0.15) is 0 Å². The van der Waals surface area contributed by atoms with Crippen LogP contribution in [0.2, 0.25) is 5.02 Å². The van der Waals surface area contributed by atoms with Crippen LogP contribution in [0.4, 0.5) is 5.69 Å². The number of carbonyl (C=O) groups excluding carboxylic acids is 2. The molecular weight excluding hydrogens is 310 g/mol. The summed E-state index contributed by atoms with van der Waals surface area (Å²) in [7, 11) is 0. The van der Waals surface area contributed by atoms with Crippen molar-refractivity contribution in [1.29, 1.82) is 0 Å². The van der Waals surface area contributed by atoms with Crippen molar-refractivity contribution in [2.24, 2.45) is 0 Å². The van der Waals surface area contributed by atoms with Crippen LogP contribution in [0.15, 0.2) is 48.5 Å². The number of fused-ring (bicyclic) bond motifs is 1. The number of hydrogen-bond donors (Lipinski definition) is 0. The molecule has 0 radical (unpaired) electrons. The van der Waals surface area contributed by atoms with Crippen LogP contribution in [0.25, 0.3) is 0 Å². The van der Waals surface area contributed by atoms with Gasteiger partial charge in [0.15, 0.2) is 5.78 Å². The number of hydrogen-bond acceptors (Lipinski definition) is 2. The minimum absolute atomic E-state index is 0.00441. The summed E-state index contributed by atoms with van der Waals surface area (Å²) in [4.78, 5) is 26.6. The molecule has 1 heterocycles. The Morgan fingerprint density at radius 3 is 2.52 bits per heavy atom. The highest BCUT2D eigenvalue weighted by Gasteiger charge is 2.30. The molecular formula is C19H18ClNO2. The fourth-order valence-electron chi connectivity index (χ4n) is 3.07. The first kappa shape index (κ1) is 15.8. The molecule has 0 saturated carbocycles. The lowest BCUT2D eigenvalue weighted by Crippen LogP contribution is -2.35. The molecule has 4 heteroatoms. The third-order valence-corrected chi connectivity index (χ3v) is 4.46. The summed E-state index contributed by atoms with van der Waals surface area (Å²) < 4.78 is 0. The van der Waals surface area contributed by atoms with E-state index < -0.39 is 0 Å². The van der Waals surface area contributed by atoms with E-state index in [2.05, 4.69) is 6.07 Å². The summed E-state index contributed by atoms with van der Waals surface area (Å²) >= 11 is 5.82. The Bertz CT molecular complexity index is 739. The highest BCUT2D eigenvalue weighted by molar-refractivity contribution is 6.30. The molecule has 2 aromatic carbocycles. The van der Waals surface area contributed by atoms with Crippen LogP contribution < -0.4 is 4.90 Å². The molecule has 3 rings (SSSR count). The van der Waals surface area contributed by atoms with E-state index >= 15 is 0 Å². The Kier molecular flexibility index (Phi) is 4.49. The Hall–Kier alpha value is -2.13. The Morgan fingerprint density at radius 1 is 1.09 bits per heavy atom. The first-order valence-corrected chi connectivity index (χ1v) is 8.13. The number of rotatable bonds is 4. The molecule has 1 aliphatic rings. The minimum Gasteiger partial charge on any atom is -0.309 e. The van der Waals surface area contributed by atoms with E-state index in [-0.39, 0.29) is 30.6 Å². The van der Waals surface area contributed by atoms with Crippen LogP contribution in [0, 0.1) is 0 Å². The van der Waals surface area contributed by atoms with Crippen molar-refractivity contribution >= 4 is 29.0 Å². The minimum atomic E-state index is -0.0323. The van der Waals surface area contributed by atoms with Crippen molar-refractivity contribution in [2.75, 3.05) is 4.90 Å². The maximum atomic E-state index is 12.6. The van der Waals surface area contributed by atoms with Crippen LogP contribution in [0.3, 0.4) is 0 Å². The van der Waals surface area contributed by atoms with Gasteiger partial charge in [0.25, 0.3) is 0 Å². The molecule has 0 aliphatic carbocycles. The molecule has 23 heavy (non-hydrogen) atoms. The Morgan fingerprint density at radius 2 is 1.78 bits per heavy atom. The summed E-state index contributed by atoms with van der Waals surface area (Å²) in [5.74, 6) is -0.0279. The van der Waals surface area contributed by atoms with Crippen molar-refractivity contribution in [3.63, 3.8) is 0 Å². The average molecular weight is 328 g/mol. The third kappa shape index (κ3) is 3.30. The van der Waals surface area contributed by atoms with Gasteiger partial charge >= 0.3 is 0 Å². The van der Waals surface area contributed by atoms with Gasteiger partial charge in [-0.1, -0.05) is 29.8 Å². The van der Waals surface area contributed by atoms with Crippen molar-refractivity contribution in [3.05, 3.63) is 64.7 Å². The second-order valence-corrected chi connectivity index (χ2v) is 6.31. The molecule has 0 saturated heterocycles. The highest BCUT2D eigenvalue weighted by Crippen LogP contribution is 2.32. The molecule has 0 N–H and O–H groups in total. The maximum Gasteiger partial charge on any atom is 0.227 e. The summed E-state index contributed by atoms with van der Waals surface area (Å²) in [5.41, 5.74) is 2.76. The fraction of sp³-hybridized carbons (Fsp3) is 0.263. The average Bonchev–Trinajstić information content (AvgIpc) is 2.88. The number of halogens is 1. The largest absolute Gasteiger partial charge is 0.309 e. The van der Waals surface area contributed by atoms with Crippen LogP contribution in [0.5, 0.6) is 0 Å². The topological polar surface area (TPSA) is 37.4 Å². The van der Waals surface area contributed by atoms with Gasteiger partial charge in [0, 0.05) is 35.2 Å². The van der Waals surface area contributed by atoms with Crippen molar-refractivity contribution in [1.82, 2.24) is 0 Å². The van der Waals surface area contributed by atoms with Crippen LogP contribution >= 0.6 is 11.6 Å². The van der Waals surface area contributed by atoms with E-state index in [9.17, 15) is 9.59 Å². The maximum absolute atomic E-state index is 12.6. The number of ketones is 1. The highest BCUT2D eigenvalue weighted by atomic mass is 35.5. The fourth-order valence-corrected chi connectivity index (χ4v) is 3.19. The third-order valence-electron chi connectivity index (χ3n) is 4.21. The molecule has 0 fully saturated rings. The van der Waals surface area contributed by atoms with Gasteiger partial charge in [-0.25, -0.2) is 0 Å². The zero-order chi connectivity index (χ0) is 16.4. The van der Waals surface area contributed by atoms with E-state index in [1.807, 2.05) is 30.0 Å². The van der Waals surface area contributed by atoms with Crippen LogP contribution in [-0.4, -0.2) is 17.7 Å². The summed E-state index contributed by atoms with van der Waals surface area (Å²) in [6.45, 7) is 2.04. The van der Waals surface area contributed by atoms with Gasteiger partial charge in [0.05, 0.1) is 0 Å². The van der Waals surface area contributed by atoms with E-state index in [0.29, 0.717) is 10.6 Å². The van der Waals surface area contributed by atoms with Crippen molar-refractivity contribution in [2.45, 2.75) is 32.2 Å². The molecule has 0 spiro atoms. The number of benzene rings is 2. The van der Waals surface area contributed by atoms with Gasteiger partial charge in [-0.05, 0) is 49.2 Å². The monoisotopic (exact) mass is 327 g/mol. The van der Waals surface area contributed by atoms with Gasteiger partial charge in [0.1, 0.15) is 0 Å². The predicted octanol–water partition coefficient (Wildman–Crippen LogP) is 4.28. The molecule has 118 valence electrons. The van der Waals surface area contributed by atoms with Crippen molar-refractivity contribution in [3.8, 4) is 0 Å². The molecule has 2 aromatic rings. The standard InChI is InChI=1S/C19H18ClNO2/c1-13-12-15-4-2-3-5-17(15)21(13)19(23)11-10-18(22)14-6-8-16(20)9-7-14/h2-9,13H,10-12H2,1H3/t13-/m0/s1. The summed E-state index contributed by atoms with van der Waals surface area (Å²) in [6.07, 6.45) is 1.30. The Balaban J connectivity index is 1.66. The van der Waals surface area contributed by atoms with E-state index in [1.165, 1.54) is 5.56 Å². The van der Waals surface area contributed by atoms with Gasteiger partial charge in [0.2, 0.25) is 5.91 Å². The predicted molar refractivity (Wildman–Crippen MR) is 92.1 cm³/mol. The molecule has 1 amide bonds. The van der Waals surface area contributed by atoms with E-state index in [4.69, 9.17) is 11.6 Å². The van der Waals surface area contributed by atoms with Gasteiger partial charge < -0.3 is 4.90 Å². The number of carbonyl (C=O) groups is 2. The van der Waals surface area contributed by atoms with Gasteiger partial charge in [-0.3, -0.25) is 9.59 Å². The smallest absolute Gasteiger partial charge is 0.227 e. The molecule has 1 atom stereocenters. The lowest BCUT2D eigenvalue weighted by molar-refractivity contribution is -0.118. The zero-order valence-corrected chi connectivity index (χ0v) is 13.7. The van der Waals surface area contributed by atoms with Crippen molar-refractivity contribution < 1.29 is 9.59 Å². The molecule has 0 bridgehead atoms. The Labute approximate surface area is 140 Å². The SMILES string of the molecule is C[C@H]1Cc2ccccc2N1C(=O)CCC(=O)c1ccc(Cl)cc1.